The van der Waals surface area contributed by atoms with E-state index in [-0.39, 0.29) is 12.8 Å². The molecule has 1 atom stereocenters. The van der Waals surface area contributed by atoms with Crippen molar-refractivity contribution in [1.82, 2.24) is 9.55 Å². The van der Waals surface area contributed by atoms with Crippen molar-refractivity contribution in [3.05, 3.63) is 18.2 Å². The van der Waals surface area contributed by atoms with Crippen LogP contribution in [0.2, 0.25) is 0 Å². The van der Waals surface area contributed by atoms with Crippen molar-refractivity contribution in [3.63, 3.8) is 0 Å². The first-order valence-electron chi connectivity index (χ1n) is 4.73. The lowest BCUT2D eigenvalue weighted by Gasteiger charge is -2.24. The molecular formula is C9H12F3N3. The normalized spacial score (nSPS) is 21.4. The number of alkyl halides is 3. The van der Waals surface area contributed by atoms with E-state index in [9.17, 15) is 13.2 Å². The average Bonchev–Trinajstić information content (AvgIpc) is 2.76. The molecule has 2 N–H and O–H groups in total. The van der Waals surface area contributed by atoms with Crippen LogP contribution in [0.3, 0.4) is 0 Å². The number of hydrogen-bond acceptors (Lipinski definition) is 2. The van der Waals surface area contributed by atoms with Gasteiger partial charge in [0.1, 0.15) is 5.54 Å². The highest BCUT2D eigenvalue weighted by molar-refractivity contribution is 5.15. The van der Waals surface area contributed by atoms with Crippen molar-refractivity contribution in [3.8, 4) is 0 Å². The van der Waals surface area contributed by atoms with E-state index >= 15 is 0 Å². The second-order valence-electron chi connectivity index (χ2n) is 4.01. The van der Waals surface area contributed by atoms with Crippen LogP contribution in [0.25, 0.3) is 0 Å². The fourth-order valence-corrected chi connectivity index (χ4v) is 1.78. The van der Waals surface area contributed by atoms with Crippen molar-refractivity contribution < 1.29 is 13.2 Å². The molecule has 2 rings (SSSR count). The zero-order valence-corrected chi connectivity index (χ0v) is 8.25. The van der Waals surface area contributed by atoms with Gasteiger partial charge in [0.25, 0.3) is 0 Å². The van der Waals surface area contributed by atoms with Gasteiger partial charge in [-0.3, -0.25) is 0 Å². The monoisotopic (exact) mass is 219 g/mol. The summed E-state index contributed by atoms with van der Waals surface area (Å²) in [6.45, 7) is 1.65. The van der Waals surface area contributed by atoms with E-state index in [1.165, 1.54) is 17.1 Å². The van der Waals surface area contributed by atoms with Gasteiger partial charge >= 0.3 is 6.18 Å². The summed E-state index contributed by atoms with van der Waals surface area (Å²) in [6.07, 6.45) is -1.37. The molecule has 0 saturated heterocycles. The predicted octanol–water partition coefficient (Wildman–Crippen LogP) is 1.95. The minimum Gasteiger partial charge on any atom is -0.323 e. The molecule has 1 saturated carbocycles. The first-order valence-corrected chi connectivity index (χ1v) is 4.73. The van der Waals surface area contributed by atoms with Crippen LogP contribution in [-0.2, 0) is 5.54 Å². The summed E-state index contributed by atoms with van der Waals surface area (Å²) in [6, 6.07) is -0.438. The molecule has 0 bridgehead atoms. The smallest absolute Gasteiger partial charge is 0.323 e. The summed E-state index contributed by atoms with van der Waals surface area (Å²) in [5.41, 5.74) is 4.29. The summed E-state index contributed by atoms with van der Waals surface area (Å²) in [4.78, 5) is 3.75. The van der Waals surface area contributed by atoms with Crippen molar-refractivity contribution in [2.24, 2.45) is 5.73 Å². The maximum atomic E-state index is 12.8. The van der Waals surface area contributed by atoms with Crippen LogP contribution in [-0.4, -0.2) is 15.7 Å². The van der Waals surface area contributed by atoms with Gasteiger partial charge in [-0.25, -0.2) is 4.98 Å². The van der Waals surface area contributed by atoms with Gasteiger partial charge in [-0.05, 0) is 19.8 Å². The van der Waals surface area contributed by atoms with Crippen molar-refractivity contribution >= 4 is 0 Å². The van der Waals surface area contributed by atoms with E-state index in [4.69, 9.17) is 5.73 Å². The molecule has 1 aromatic heterocycles. The third-order valence-corrected chi connectivity index (χ3v) is 2.85. The molecule has 3 nitrogen and oxygen atoms in total. The number of nitrogens with zero attached hydrogens (tertiary/aromatic N) is 2. The van der Waals surface area contributed by atoms with Crippen LogP contribution in [0.15, 0.2) is 12.5 Å². The lowest BCUT2D eigenvalue weighted by Crippen LogP contribution is -2.36. The fraction of sp³-hybridized carbons (Fsp3) is 0.667. The van der Waals surface area contributed by atoms with Gasteiger partial charge in [0.15, 0.2) is 0 Å². The largest absolute Gasteiger partial charge is 0.411 e. The molecule has 1 fully saturated rings. The molecule has 0 aliphatic heterocycles. The Morgan fingerprint density at radius 1 is 1.53 bits per heavy atom. The molecule has 0 amide bonds. The summed E-state index contributed by atoms with van der Waals surface area (Å²) in [7, 11) is 0. The van der Waals surface area contributed by atoms with Crippen LogP contribution in [0.4, 0.5) is 13.2 Å². The molecule has 0 unspecified atom stereocenters. The molecule has 84 valence electrons. The van der Waals surface area contributed by atoms with Gasteiger partial charge in [-0.1, -0.05) is 0 Å². The third kappa shape index (κ3) is 1.43. The minimum atomic E-state index is -4.22. The second kappa shape index (κ2) is 2.98. The highest BCUT2D eigenvalue weighted by Crippen LogP contribution is 2.56. The van der Waals surface area contributed by atoms with E-state index in [1.54, 1.807) is 6.92 Å². The second-order valence-corrected chi connectivity index (χ2v) is 4.01. The Hall–Kier alpha value is -1.04. The Labute approximate surface area is 85.1 Å². The fourth-order valence-electron chi connectivity index (χ4n) is 1.78. The highest BCUT2D eigenvalue weighted by Gasteiger charge is 2.65. The van der Waals surface area contributed by atoms with E-state index in [2.05, 4.69) is 4.98 Å². The summed E-state index contributed by atoms with van der Waals surface area (Å²) >= 11 is 0. The number of halogens is 3. The van der Waals surface area contributed by atoms with E-state index in [0.717, 1.165) is 0 Å². The first-order chi connectivity index (χ1) is 6.88. The highest BCUT2D eigenvalue weighted by atomic mass is 19.4. The van der Waals surface area contributed by atoms with Gasteiger partial charge in [-0.15, -0.1) is 0 Å². The summed E-state index contributed by atoms with van der Waals surface area (Å²) in [5.74, 6) is 0. The standard InChI is InChI=1S/C9H12F3N3/c1-6(13)7-4-14-5-15(7)8(2-3-8)9(10,11)12/h4-6H,2-3,13H2,1H3/t6-/m1/s1. The Balaban J connectivity index is 2.42. The number of hydrogen-bond donors (Lipinski definition) is 1. The molecule has 1 aliphatic carbocycles. The SMILES string of the molecule is C[C@@H](N)c1cncn1C1(C(F)(F)F)CC1. The van der Waals surface area contributed by atoms with Crippen LogP contribution < -0.4 is 5.73 Å². The van der Waals surface area contributed by atoms with Gasteiger partial charge in [-0.2, -0.15) is 13.2 Å². The zero-order chi connectivity index (χ0) is 11.3. The topological polar surface area (TPSA) is 43.8 Å². The van der Waals surface area contributed by atoms with Gasteiger partial charge < -0.3 is 10.3 Å². The molecule has 6 heteroatoms. The Morgan fingerprint density at radius 2 is 2.13 bits per heavy atom. The van der Waals surface area contributed by atoms with Crippen LogP contribution in [0.1, 0.15) is 31.5 Å². The van der Waals surface area contributed by atoms with Crippen LogP contribution in [0.5, 0.6) is 0 Å². The number of nitrogens with two attached hydrogens (primary N) is 1. The van der Waals surface area contributed by atoms with Crippen LogP contribution >= 0.6 is 0 Å². The third-order valence-electron chi connectivity index (χ3n) is 2.85. The molecular weight excluding hydrogens is 207 g/mol. The molecule has 1 aliphatic rings. The lowest BCUT2D eigenvalue weighted by atomic mass is 10.2. The molecule has 0 radical (unpaired) electrons. The Morgan fingerprint density at radius 3 is 2.53 bits per heavy atom. The van der Waals surface area contributed by atoms with Crippen LogP contribution in [0, 0.1) is 0 Å². The molecule has 0 spiro atoms. The van der Waals surface area contributed by atoms with Gasteiger partial charge in [0.2, 0.25) is 0 Å². The van der Waals surface area contributed by atoms with Gasteiger partial charge in [0, 0.05) is 12.2 Å². The lowest BCUT2D eigenvalue weighted by molar-refractivity contribution is -0.180. The maximum Gasteiger partial charge on any atom is 0.411 e. The first kappa shape index (κ1) is 10.5. The minimum absolute atomic E-state index is 0.118. The average molecular weight is 219 g/mol. The molecule has 0 aromatic carbocycles. The Kier molecular flexibility index (Phi) is 2.08. The summed E-state index contributed by atoms with van der Waals surface area (Å²) < 4.78 is 39.6. The number of rotatable bonds is 2. The van der Waals surface area contributed by atoms with E-state index < -0.39 is 17.8 Å². The maximum absolute atomic E-state index is 12.8. The number of imidazole rings is 1. The molecule has 15 heavy (non-hydrogen) atoms. The van der Waals surface area contributed by atoms with Crippen molar-refractivity contribution in [2.45, 2.75) is 37.5 Å². The van der Waals surface area contributed by atoms with Crippen molar-refractivity contribution in [2.75, 3.05) is 0 Å². The molecule has 1 heterocycles. The van der Waals surface area contributed by atoms with Gasteiger partial charge in [0.05, 0.1) is 12.0 Å². The summed E-state index contributed by atoms with van der Waals surface area (Å²) in [5, 5.41) is 0. The van der Waals surface area contributed by atoms with E-state index in [1.807, 2.05) is 0 Å². The quantitative estimate of drug-likeness (QED) is 0.826. The number of aromatic nitrogens is 2. The zero-order valence-electron chi connectivity index (χ0n) is 8.25. The molecule has 1 aromatic rings. The van der Waals surface area contributed by atoms with Crippen molar-refractivity contribution in [1.29, 1.82) is 0 Å². The Bertz CT molecular complexity index is 363. The van der Waals surface area contributed by atoms with E-state index in [0.29, 0.717) is 5.69 Å². The predicted molar refractivity (Wildman–Crippen MR) is 48.1 cm³/mol.